The van der Waals surface area contributed by atoms with Gasteiger partial charge >= 0.3 is 0 Å². The van der Waals surface area contributed by atoms with Crippen LogP contribution in [0.4, 0.5) is 5.82 Å². The van der Waals surface area contributed by atoms with Crippen molar-refractivity contribution in [3.05, 3.63) is 64.9 Å². The maximum Gasteiger partial charge on any atom is 0.136 e. The molecule has 4 aromatic rings. The van der Waals surface area contributed by atoms with Gasteiger partial charge in [-0.05, 0) is 79.3 Å². The van der Waals surface area contributed by atoms with E-state index >= 15 is 0 Å². The van der Waals surface area contributed by atoms with E-state index in [0.29, 0.717) is 6.61 Å². The SMILES string of the molecule is Cc1nc2ccc(-c3ccc4c(c3)CN(c3nc(CCC5CC5)nc5c3CC(C)(C)CC5)CCO4)cc2[nH]1. The number of hydrogen-bond donors (Lipinski definition) is 1. The third-order valence-corrected chi connectivity index (χ3v) is 8.56. The highest BCUT2D eigenvalue weighted by molar-refractivity contribution is 5.82. The number of nitrogens with one attached hydrogen (secondary N) is 1. The van der Waals surface area contributed by atoms with Gasteiger partial charge in [0.1, 0.15) is 29.8 Å². The number of H-pyrrole nitrogens is 1. The van der Waals surface area contributed by atoms with Gasteiger partial charge < -0.3 is 14.6 Å². The van der Waals surface area contributed by atoms with Crippen LogP contribution in [0.5, 0.6) is 5.75 Å². The van der Waals surface area contributed by atoms with Crippen molar-refractivity contribution in [1.82, 2.24) is 19.9 Å². The molecule has 0 bridgehead atoms. The van der Waals surface area contributed by atoms with Gasteiger partial charge in [0.15, 0.2) is 0 Å². The minimum Gasteiger partial charge on any atom is -0.491 e. The number of anilines is 1. The van der Waals surface area contributed by atoms with E-state index in [1.165, 1.54) is 53.6 Å². The molecule has 2 aromatic heterocycles. The summed E-state index contributed by atoms with van der Waals surface area (Å²) in [6.45, 7) is 9.04. The van der Waals surface area contributed by atoms with Crippen LogP contribution < -0.4 is 9.64 Å². The molecule has 2 aliphatic carbocycles. The second kappa shape index (κ2) is 9.11. The number of aryl methyl sites for hydroxylation is 3. The van der Waals surface area contributed by atoms with Crippen LogP contribution in [0.15, 0.2) is 36.4 Å². The van der Waals surface area contributed by atoms with Gasteiger partial charge in [-0.3, -0.25) is 0 Å². The molecular formula is C32H37N5O. The number of ether oxygens (including phenoxy) is 1. The summed E-state index contributed by atoms with van der Waals surface area (Å²) in [5.41, 5.74) is 8.58. The normalized spacial score (nSPS) is 18.6. The van der Waals surface area contributed by atoms with Crippen molar-refractivity contribution in [2.24, 2.45) is 11.3 Å². The molecule has 6 heteroatoms. The molecule has 196 valence electrons. The summed E-state index contributed by atoms with van der Waals surface area (Å²) in [6, 6.07) is 13.1. The zero-order chi connectivity index (χ0) is 25.9. The first-order valence-corrected chi connectivity index (χ1v) is 14.3. The summed E-state index contributed by atoms with van der Waals surface area (Å²) in [5, 5.41) is 0. The molecule has 0 radical (unpaired) electrons. The van der Waals surface area contributed by atoms with Crippen LogP contribution in [0.2, 0.25) is 0 Å². The number of aromatic amines is 1. The fourth-order valence-electron chi connectivity index (χ4n) is 6.16. The number of nitrogens with zero attached hydrogens (tertiary/aromatic N) is 4. The summed E-state index contributed by atoms with van der Waals surface area (Å²) < 4.78 is 6.27. The quantitative estimate of drug-likeness (QED) is 0.330. The minimum atomic E-state index is 0.276. The lowest BCUT2D eigenvalue weighted by atomic mass is 9.76. The average Bonchev–Trinajstić information content (AvgIpc) is 3.68. The lowest BCUT2D eigenvalue weighted by Gasteiger charge is -2.34. The molecule has 2 aromatic carbocycles. The van der Waals surface area contributed by atoms with Crippen molar-refractivity contribution in [2.45, 2.75) is 72.3 Å². The Morgan fingerprint density at radius 1 is 1.05 bits per heavy atom. The molecule has 0 saturated heterocycles. The van der Waals surface area contributed by atoms with E-state index in [4.69, 9.17) is 14.7 Å². The highest BCUT2D eigenvalue weighted by Gasteiger charge is 2.32. The Morgan fingerprint density at radius 2 is 1.89 bits per heavy atom. The number of aromatic nitrogens is 4. The fraction of sp³-hybridized carbons (Fsp3) is 0.469. The van der Waals surface area contributed by atoms with Gasteiger partial charge in [0, 0.05) is 29.8 Å². The molecule has 38 heavy (non-hydrogen) atoms. The number of fused-ring (bicyclic) bond motifs is 3. The van der Waals surface area contributed by atoms with Gasteiger partial charge in [0.2, 0.25) is 0 Å². The fourth-order valence-corrected chi connectivity index (χ4v) is 6.16. The van der Waals surface area contributed by atoms with Crippen molar-refractivity contribution < 1.29 is 4.74 Å². The van der Waals surface area contributed by atoms with Crippen molar-refractivity contribution in [2.75, 3.05) is 18.1 Å². The first-order chi connectivity index (χ1) is 18.4. The molecule has 0 unspecified atom stereocenters. The van der Waals surface area contributed by atoms with Crippen LogP contribution in [0.1, 0.15) is 68.0 Å². The lowest BCUT2D eigenvalue weighted by molar-refractivity contribution is 0.310. The Labute approximate surface area is 224 Å². The van der Waals surface area contributed by atoms with Gasteiger partial charge in [-0.1, -0.05) is 38.8 Å². The smallest absolute Gasteiger partial charge is 0.136 e. The zero-order valence-corrected chi connectivity index (χ0v) is 22.8. The topological polar surface area (TPSA) is 66.9 Å². The Morgan fingerprint density at radius 3 is 2.76 bits per heavy atom. The maximum atomic E-state index is 6.27. The van der Waals surface area contributed by atoms with Gasteiger partial charge in [-0.25, -0.2) is 15.0 Å². The van der Waals surface area contributed by atoms with Gasteiger partial charge in [-0.15, -0.1) is 0 Å². The highest BCUT2D eigenvalue weighted by Crippen LogP contribution is 2.40. The molecule has 1 saturated carbocycles. The van der Waals surface area contributed by atoms with Gasteiger partial charge in [0.05, 0.1) is 17.6 Å². The first kappa shape index (κ1) is 23.7. The molecule has 0 spiro atoms. The van der Waals surface area contributed by atoms with Gasteiger partial charge in [0.25, 0.3) is 0 Å². The lowest BCUT2D eigenvalue weighted by Crippen LogP contribution is -2.32. The second-order valence-corrected chi connectivity index (χ2v) is 12.4. The molecular weight excluding hydrogens is 470 g/mol. The molecule has 6 nitrogen and oxygen atoms in total. The Kier molecular flexibility index (Phi) is 5.68. The predicted octanol–water partition coefficient (Wildman–Crippen LogP) is 6.58. The molecule has 0 amide bonds. The van der Waals surface area contributed by atoms with Crippen LogP contribution in [-0.4, -0.2) is 33.1 Å². The highest BCUT2D eigenvalue weighted by atomic mass is 16.5. The summed E-state index contributed by atoms with van der Waals surface area (Å²) in [6.07, 6.45) is 8.24. The third kappa shape index (κ3) is 4.65. The first-order valence-electron chi connectivity index (χ1n) is 14.3. The Hall–Kier alpha value is -3.41. The largest absolute Gasteiger partial charge is 0.491 e. The molecule has 7 rings (SSSR count). The Bertz CT molecular complexity index is 1520. The molecule has 3 heterocycles. The van der Waals surface area contributed by atoms with Crippen molar-refractivity contribution in [1.29, 1.82) is 0 Å². The van der Waals surface area contributed by atoms with Crippen molar-refractivity contribution in [3.8, 4) is 16.9 Å². The van der Waals surface area contributed by atoms with Crippen LogP contribution in [-0.2, 0) is 25.8 Å². The molecule has 1 fully saturated rings. The number of hydrogen-bond acceptors (Lipinski definition) is 5. The Balaban J connectivity index is 1.24. The monoisotopic (exact) mass is 507 g/mol. The summed E-state index contributed by atoms with van der Waals surface area (Å²) in [5.74, 6) is 4.99. The van der Waals surface area contributed by atoms with E-state index in [9.17, 15) is 0 Å². The summed E-state index contributed by atoms with van der Waals surface area (Å²) >= 11 is 0. The van der Waals surface area contributed by atoms with E-state index in [2.05, 4.69) is 65.1 Å². The van der Waals surface area contributed by atoms with E-state index in [-0.39, 0.29) is 5.41 Å². The molecule has 1 N–H and O–H groups in total. The van der Waals surface area contributed by atoms with Crippen LogP contribution in [0, 0.1) is 18.3 Å². The number of imidazole rings is 1. The standard InChI is InChI=1S/C32H37N5O/c1-20-33-27-9-7-23(17-28(27)34-20)22-8-10-29-24(16-22)19-37(14-15-38-29)31-25-18-32(2,3)13-12-26(25)35-30(36-31)11-6-21-4-5-21/h7-10,16-17,21H,4-6,11-15,18-19H2,1-3H3,(H,33,34). The summed E-state index contributed by atoms with van der Waals surface area (Å²) in [7, 11) is 0. The van der Waals surface area contributed by atoms with E-state index < -0.39 is 0 Å². The van der Waals surface area contributed by atoms with E-state index in [1.54, 1.807) is 0 Å². The second-order valence-electron chi connectivity index (χ2n) is 12.4. The van der Waals surface area contributed by atoms with Crippen LogP contribution in [0.3, 0.4) is 0 Å². The van der Waals surface area contributed by atoms with E-state index in [1.807, 2.05) is 6.92 Å². The molecule has 1 aliphatic heterocycles. The molecule has 0 atom stereocenters. The minimum absolute atomic E-state index is 0.276. The van der Waals surface area contributed by atoms with Gasteiger partial charge in [-0.2, -0.15) is 0 Å². The predicted molar refractivity (Wildman–Crippen MR) is 152 cm³/mol. The van der Waals surface area contributed by atoms with Crippen molar-refractivity contribution in [3.63, 3.8) is 0 Å². The van der Waals surface area contributed by atoms with Crippen molar-refractivity contribution >= 4 is 16.9 Å². The maximum absolute atomic E-state index is 6.27. The average molecular weight is 508 g/mol. The number of rotatable bonds is 5. The summed E-state index contributed by atoms with van der Waals surface area (Å²) in [4.78, 5) is 20.7. The number of benzene rings is 2. The van der Waals surface area contributed by atoms with Crippen LogP contribution in [0.25, 0.3) is 22.2 Å². The molecule has 3 aliphatic rings. The third-order valence-electron chi connectivity index (χ3n) is 8.56. The van der Waals surface area contributed by atoms with E-state index in [0.717, 1.165) is 72.5 Å². The zero-order valence-electron chi connectivity index (χ0n) is 22.8. The van der Waals surface area contributed by atoms with Crippen LogP contribution >= 0.6 is 0 Å².